The molecule has 0 bridgehead atoms. The molecular weight excluding hydrogens is 461 g/mol. The van der Waals surface area contributed by atoms with Crippen LogP contribution in [0.1, 0.15) is 49.9 Å². The summed E-state index contributed by atoms with van der Waals surface area (Å²) in [4.78, 5) is 41.7. The number of nitrogens with one attached hydrogen (secondary N) is 1. The number of halogens is 1. The number of carbonyl (C=O) groups excluding carboxylic acids is 2. The van der Waals surface area contributed by atoms with E-state index < -0.39 is 0 Å². The highest BCUT2D eigenvalue weighted by molar-refractivity contribution is 5.85. The molecule has 5 rings (SSSR count). The molecule has 2 fully saturated rings. The number of rotatable bonds is 7. The lowest BCUT2D eigenvalue weighted by Gasteiger charge is -2.34. The van der Waals surface area contributed by atoms with Crippen LogP contribution in [0.4, 0.5) is 4.39 Å². The summed E-state index contributed by atoms with van der Waals surface area (Å²) in [5.74, 6) is 0.166. The number of carbonyl (C=O) groups is 2. The smallest absolute Gasteiger partial charge is 0.242 e. The van der Waals surface area contributed by atoms with E-state index in [1.54, 1.807) is 23.4 Å². The van der Waals surface area contributed by atoms with E-state index in [0.717, 1.165) is 31.2 Å². The maximum Gasteiger partial charge on any atom is 0.242 e. The van der Waals surface area contributed by atoms with Crippen LogP contribution < -0.4 is 0 Å². The second-order valence-corrected chi connectivity index (χ2v) is 9.75. The molecule has 2 aromatic heterocycles. The molecule has 1 unspecified atom stereocenters. The van der Waals surface area contributed by atoms with Gasteiger partial charge in [0.05, 0.1) is 30.3 Å². The quantitative estimate of drug-likeness (QED) is 0.543. The van der Waals surface area contributed by atoms with Gasteiger partial charge in [-0.05, 0) is 48.7 Å². The van der Waals surface area contributed by atoms with Crippen molar-refractivity contribution >= 4 is 22.8 Å². The number of aryl methyl sites for hydroxylation is 1. The fourth-order valence-electron chi connectivity index (χ4n) is 5.21. The summed E-state index contributed by atoms with van der Waals surface area (Å²) in [5, 5.41) is 0. The minimum Gasteiger partial charge on any atom is -0.370 e. The number of hydrogen-bond donors (Lipinski definition) is 1. The lowest BCUT2D eigenvalue weighted by atomic mass is 9.94. The summed E-state index contributed by atoms with van der Waals surface area (Å²) in [6.07, 6.45) is 9.24. The van der Waals surface area contributed by atoms with E-state index in [9.17, 15) is 14.0 Å². The van der Waals surface area contributed by atoms with Crippen LogP contribution in [-0.4, -0.2) is 68.3 Å². The van der Waals surface area contributed by atoms with Crippen LogP contribution in [0.5, 0.6) is 0 Å². The highest BCUT2D eigenvalue weighted by Gasteiger charge is 2.34. The molecule has 3 aromatic rings. The molecule has 36 heavy (non-hydrogen) atoms. The van der Waals surface area contributed by atoms with Gasteiger partial charge < -0.3 is 19.5 Å². The third-order valence-electron chi connectivity index (χ3n) is 7.14. The number of aromatic amines is 1. The van der Waals surface area contributed by atoms with Crippen LogP contribution in [0.15, 0.2) is 42.7 Å². The van der Waals surface area contributed by atoms with E-state index in [1.807, 2.05) is 17.0 Å². The van der Waals surface area contributed by atoms with Gasteiger partial charge in [0, 0.05) is 44.4 Å². The highest BCUT2D eigenvalue weighted by Crippen LogP contribution is 2.25. The van der Waals surface area contributed by atoms with Crippen molar-refractivity contribution < 1.29 is 18.7 Å². The first-order valence-corrected chi connectivity index (χ1v) is 12.8. The number of fused-ring (bicyclic) bond motifs is 1. The monoisotopic (exact) mass is 493 g/mol. The third-order valence-corrected chi connectivity index (χ3v) is 7.14. The number of ether oxygens (including phenoxy) is 1. The molecule has 0 spiro atoms. The largest absolute Gasteiger partial charge is 0.370 e. The molecule has 2 amide bonds. The molecule has 1 N–H and O–H groups in total. The molecule has 0 radical (unpaired) electrons. The van der Waals surface area contributed by atoms with Crippen molar-refractivity contribution in [1.29, 1.82) is 0 Å². The molecule has 2 aliphatic rings. The third kappa shape index (κ3) is 5.90. The summed E-state index contributed by atoms with van der Waals surface area (Å²) in [6, 6.07) is 8.40. The Morgan fingerprint density at radius 2 is 1.92 bits per heavy atom. The van der Waals surface area contributed by atoms with Crippen molar-refractivity contribution in [1.82, 2.24) is 24.8 Å². The summed E-state index contributed by atoms with van der Waals surface area (Å²) in [5.41, 5.74) is 2.27. The fourth-order valence-corrected chi connectivity index (χ4v) is 5.21. The molecule has 1 aliphatic carbocycles. The van der Waals surface area contributed by atoms with E-state index in [0.29, 0.717) is 43.0 Å². The molecule has 1 saturated carbocycles. The molecule has 1 aromatic carbocycles. The van der Waals surface area contributed by atoms with Crippen LogP contribution in [-0.2, 0) is 27.4 Å². The maximum absolute atomic E-state index is 13.5. The zero-order chi connectivity index (χ0) is 24.9. The van der Waals surface area contributed by atoms with Crippen molar-refractivity contribution in [3.8, 4) is 0 Å². The Morgan fingerprint density at radius 3 is 2.72 bits per heavy atom. The van der Waals surface area contributed by atoms with E-state index >= 15 is 0 Å². The molecule has 1 aliphatic heterocycles. The van der Waals surface area contributed by atoms with Crippen molar-refractivity contribution in [2.75, 3.05) is 19.6 Å². The average Bonchev–Trinajstić information content (AvgIpc) is 3.22. The van der Waals surface area contributed by atoms with Crippen LogP contribution in [0.25, 0.3) is 11.0 Å². The van der Waals surface area contributed by atoms with Gasteiger partial charge in [-0.25, -0.2) is 9.37 Å². The number of benzene rings is 1. The molecule has 190 valence electrons. The second kappa shape index (κ2) is 11.2. The first kappa shape index (κ1) is 24.4. The Kier molecular flexibility index (Phi) is 7.55. The van der Waals surface area contributed by atoms with Gasteiger partial charge in [-0.3, -0.25) is 14.6 Å². The van der Waals surface area contributed by atoms with Crippen molar-refractivity contribution in [2.24, 2.45) is 0 Å². The van der Waals surface area contributed by atoms with E-state index in [2.05, 4.69) is 15.0 Å². The number of amides is 2. The summed E-state index contributed by atoms with van der Waals surface area (Å²) in [6.45, 7) is 1.32. The number of hydrogen-bond acceptors (Lipinski definition) is 5. The average molecular weight is 494 g/mol. The van der Waals surface area contributed by atoms with Gasteiger partial charge in [-0.15, -0.1) is 0 Å². The van der Waals surface area contributed by atoms with Gasteiger partial charge >= 0.3 is 0 Å². The number of pyridine rings is 1. The van der Waals surface area contributed by atoms with Crippen LogP contribution >= 0.6 is 0 Å². The summed E-state index contributed by atoms with van der Waals surface area (Å²) >= 11 is 0. The number of H-pyrrole nitrogens is 1. The van der Waals surface area contributed by atoms with Gasteiger partial charge in [0.15, 0.2) is 0 Å². The van der Waals surface area contributed by atoms with E-state index in [-0.39, 0.29) is 42.7 Å². The van der Waals surface area contributed by atoms with Gasteiger partial charge in [0.1, 0.15) is 11.6 Å². The zero-order valence-corrected chi connectivity index (χ0v) is 20.4. The first-order valence-electron chi connectivity index (χ1n) is 12.8. The minimum absolute atomic E-state index is 0.00975. The van der Waals surface area contributed by atoms with Crippen molar-refractivity contribution in [3.63, 3.8) is 0 Å². The SMILES string of the molecule is O=C(CCc1nc2ccc(F)cc2[nH]1)N1CC(=O)N(C2CCCCC2)CC(OCc2ccncc2)C1. The summed E-state index contributed by atoms with van der Waals surface area (Å²) in [7, 11) is 0. The molecule has 3 heterocycles. The number of imidazole rings is 1. The van der Waals surface area contributed by atoms with Crippen molar-refractivity contribution in [2.45, 2.75) is 63.7 Å². The first-order chi connectivity index (χ1) is 17.5. The Bertz CT molecular complexity index is 1190. The van der Waals surface area contributed by atoms with E-state index in [1.165, 1.54) is 18.6 Å². The number of nitrogens with zero attached hydrogens (tertiary/aromatic N) is 4. The van der Waals surface area contributed by atoms with Crippen molar-refractivity contribution in [3.05, 3.63) is 59.9 Å². The standard InChI is InChI=1S/C27H32FN5O3/c28-20-6-7-23-24(14-20)31-25(30-23)8-9-26(34)32-15-22(36-18-19-10-12-29-13-11-19)16-33(27(35)17-32)21-4-2-1-3-5-21/h6-7,10-14,21-22H,1-5,8-9,15-18H2,(H,30,31). The number of aromatic nitrogens is 3. The minimum atomic E-state index is -0.336. The highest BCUT2D eigenvalue weighted by atomic mass is 19.1. The lowest BCUT2D eigenvalue weighted by Crippen LogP contribution is -2.46. The van der Waals surface area contributed by atoms with Gasteiger partial charge in [0.2, 0.25) is 11.8 Å². The Hall–Kier alpha value is -3.33. The Morgan fingerprint density at radius 1 is 1.11 bits per heavy atom. The Labute approximate surface area is 209 Å². The predicted molar refractivity (Wildman–Crippen MR) is 132 cm³/mol. The predicted octanol–water partition coefficient (Wildman–Crippen LogP) is 3.62. The van der Waals surface area contributed by atoms with Crippen LogP contribution in [0.3, 0.4) is 0 Å². The normalized spacial score (nSPS) is 19.6. The molecule has 1 atom stereocenters. The molecule has 1 saturated heterocycles. The van der Waals surface area contributed by atoms with Crippen LogP contribution in [0.2, 0.25) is 0 Å². The lowest BCUT2D eigenvalue weighted by molar-refractivity contribution is -0.140. The molecule has 9 heteroatoms. The van der Waals surface area contributed by atoms with Gasteiger partial charge in [-0.1, -0.05) is 19.3 Å². The van der Waals surface area contributed by atoms with E-state index in [4.69, 9.17) is 4.74 Å². The maximum atomic E-state index is 13.5. The van der Waals surface area contributed by atoms with Gasteiger partial charge in [0.25, 0.3) is 0 Å². The van der Waals surface area contributed by atoms with Gasteiger partial charge in [-0.2, -0.15) is 0 Å². The Balaban J connectivity index is 1.27. The topological polar surface area (TPSA) is 91.4 Å². The molecule has 8 nitrogen and oxygen atoms in total. The fraction of sp³-hybridized carbons (Fsp3) is 0.481. The second-order valence-electron chi connectivity index (χ2n) is 9.75. The summed E-state index contributed by atoms with van der Waals surface area (Å²) < 4.78 is 19.7. The molecular formula is C27H32FN5O3. The van der Waals surface area contributed by atoms with Crippen LogP contribution in [0, 0.1) is 5.82 Å². The zero-order valence-electron chi connectivity index (χ0n) is 20.4.